The van der Waals surface area contributed by atoms with Gasteiger partial charge in [0.25, 0.3) is 5.91 Å². The van der Waals surface area contributed by atoms with Gasteiger partial charge in [0.1, 0.15) is 5.03 Å². The molecule has 0 fully saturated rings. The Morgan fingerprint density at radius 1 is 0.909 bits per heavy atom. The van der Waals surface area contributed by atoms with Gasteiger partial charge in [-0.2, -0.15) is 26.3 Å². The highest BCUT2D eigenvalue weighted by Crippen LogP contribution is 2.37. The summed E-state index contributed by atoms with van der Waals surface area (Å²) in [4.78, 5) is 23.9. The number of aromatic nitrogens is 2. The number of anilines is 2. The third-order valence-corrected chi connectivity index (χ3v) is 4.77. The van der Waals surface area contributed by atoms with Crippen LogP contribution in [-0.2, 0) is 17.1 Å². The summed E-state index contributed by atoms with van der Waals surface area (Å²) in [7, 11) is 0. The van der Waals surface area contributed by atoms with Gasteiger partial charge in [0.2, 0.25) is 5.91 Å². The van der Waals surface area contributed by atoms with Crippen molar-refractivity contribution >= 4 is 35.1 Å². The molecule has 0 aliphatic rings. The molecular weight excluding hydrogens is 478 g/mol. The van der Waals surface area contributed by atoms with Gasteiger partial charge in [-0.3, -0.25) is 9.59 Å². The zero-order chi connectivity index (χ0) is 24.2. The largest absolute Gasteiger partial charge is 0.459 e. The predicted molar refractivity (Wildman–Crippen MR) is 104 cm³/mol. The summed E-state index contributed by atoms with van der Waals surface area (Å²) >= 11 is 0.831. The van der Waals surface area contributed by atoms with Crippen LogP contribution in [0.3, 0.4) is 0 Å². The second-order valence-electron chi connectivity index (χ2n) is 6.32. The number of carbonyl (C=O) groups excluding carboxylic acids is 2. The van der Waals surface area contributed by atoms with Crippen LogP contribution in [-0.4, -0.2) is 27.8 Å². The van der Waals surface area contributed by atoms with Gasteiger partial charge in [0.05, 0.1) is 23.1 Å². The molecule has 0 aliphatic carbocycles. The van der Waals surface area contributed by atoms with Crippen molar-refractivity contribution in [3.63, 3.8) is 0 Å². The number of carbonyl (C=O) groups is 2. The van der Waals surface area contributed by atoms with Gasteiger partial charge < -0.3 is 15.1 Å². The van der Waals surface area contributed by atoms with E-state index >= 15 is 0 Å². The molecule has 0 radical (unpaired) electrons. The zero-order valence-corrected chi connectivity index (χ0v) is 16.9. The maximum Gasteiger partial charge on any atom is 0.416 e. The minimum atomic E-state index is -5.03. The quantitative estimate of drug-likeness (QED) is 0.369. The first-order chi connectivity index (χ1) is 15.4. The van der Waals surface area contributed by atoms with Gasteiger partial charge in [-0.1, -0.05) is 11.8 Å². The SMILES string of the molecule is O=C(CSc1ccc(NC(=O)c2ccco2)nn1)Nc1cc(C(F)(F)F)cc(C(F)(F)F)c1. The Balaban J connectivity index is 1.60. The average Bonchev–Trinajstić information content (AvgIpc) is 3.27. The molecule has 0 bridgehead atoms. The highest BCUT2D eigenvalue weighted by atomic mass is 32.2. The molecule has 33 heavy (non-hydrogen) atoms. The number of amides is 2. The van der Waals surface area contributed by atoms with Crippen LogP contribution >= 0.6 is 11.8 Å². The van der Waals surface area contributed by atoms with E-state index in [2.05, 4.69) is 15.5 Å². The summed E-state index contributed by atoms with van der Waals surface area (Å²) < 4.78 is 82.3. The zero-order valence-electron chi connectivity index (χ0n) is 16.1. The highest BCUT2D eigenvalue weighted by Gasteiger charge is 2.37. The monoisotopic (exact) mass is 490 g/mol. The molecule has 0 spiro atoms. The molecule has 0 saturated heterocycles. The van der Waals surface area contributed by atoms with Crippen LogP contribution in [0.4, 0.5) is 37.8 Å². The standard InChI is InChI=1S/C19H12F6N4O3S/c20-18(21,22)10-6-11(19(23,24)25)8-12(7-10)26-15(30)9-33-16-4-3-14(28-29-16)27-17(31)13-2-1-5-32-13/h1-8H,9H2,(H,26,30)(H,27,28,31). The molecule has 2 heterocycles. The molecule has 2 N–H and O–H groups in total. The van der Waals surface area contributed by atoms with E-state index in [0.717, 1.165) is 11.8 Å². The van der Waals surface area contributed by atoms with E-state index in [1.54, 1.807) is 0 Å². The lowest BCUT2D eigenvalue weighted by atomic mass is 10.1. The number of nitrogens with zero attached hydrogens (tertiary/aromatic N) is 2. The summed E-state index contributed by atoms with van der Waals surface area (Å²) in [5, 5.41) is 12.2. The number of furan rings is 1. The summed E-state index contributed by atoms with van der Waals surface area (Å²) in [6, 6.07) is 6.54. The van der Waals surface area contributed by atoms with E-state index in [1.807, 2.05) is 5.32 Å². The number of hydrogen-bond acceptors (Lipinski definition) is 6. The van der Waals surface area contributed by atoms with Crippen molar-refractivity contribution < 1.29 is 40.3 Å². The number of thioether (sulfide) groups is 1. The van der Waals surface area contributed by atoms with Crippen molar-refractivity contribution in [2.45, 2.75) is 17.4 Å². The normalized spacial score (nSPS) is 11.8. The van der Waals surface area contributed by atoms with E-state index in [0.29, 0.717) is 12.1 Å². The second-order valence-corrected chi connectivity index (χ2v) is 7.32. The lowest BCUT2D eigenvalue weighted by Crippen LogP contribution is -2.17. The number of nitrogens with one attached hydrogen (secondary N) is 2. The molecule has 14 heteroatoms. The molecular formula is C19H12F6N4O3S. The molecule has 0 saturated carbocycles. The fourth-order valence-electron chi connectivity index (χ4n) is 2.41. The number of alkyl halides is 6. The smallest absolute Gasteiger partial charge is 0.416 e. The highest BCUT2D eigenvalue weighted by molar-refractivity contribution is 7.99. The number of rotatable bonds is 6. The lowest BCUT2D eigenvalue weighted by molar-refractivity contribution is -0.143. The maximum absolute atomic E-state index is 12.9. The Hall–Kier alpha value is -3.55. The van der Waals surface area contributed by atoms with E-state index in [1.165, 1.54) is 30.5 Å². The molecule has 3 aromatic rings. The van der Waals surface area contributed by atoms with Gasteiger partial charge in [0.15, 0.2) is 11.6 Å². The van der Waals surface area contributed by atoms with E-state index in [4.69, 9.17) is 4.42 Å². The molecule has 2 amide bonds. The minimum Gasteiger partial charge on any atom is -0.459 e. The maximum atomic E-state index is 12.9. The molecule has 2 aromatic heterocycles. The molecule has 3 rings (SSSR count). The first-order valence-corrected chi connectivity index (χ1v) is 9.81. The van der Waals surface area contributed by atoms with Crippen molar-refractivity contribution in [1.29, 1.82) is 0 Å². The van der Waals surface area contributed by atoms with Crippen LogP contribution in [0.1, 0.15) is 21.7 Å². The summed E-state index contributed by atoms with van der Waals surface area (Å²) in [5.41, 5.74) is -3.73. The molecule has 7 nitrogen and oxygen atoms in total. The number of halogens is 6. The van der Waals surface area contributed by atoms with Crippen LogP contribution in [0.15, 0.2) is 58.2 Å². The molecule has 0 unspecified atom stereocenters. The Bertz CT molecular complexity index is 1100. The van der Waals surface area contributed by atoms with Crippen molar-refractivity contribution in [2.75, 3.05) is 16.4 Å². The average molecular weight is 490 g/mol. The first-order valence-electron chi connectivity index (χ1n) is 8.82. The fourth-order valence-corrected chi connectivity index (χ4v) is 3.03. The van der Waals surface area contributed by atoms with Crippen molar-refractivity contribution in [2.24, 2.45) is 0 Å². The van der Waals surface area contributed by atoms with E-state index in [9.17, 15) is 35.9 Å². The fraction of sp³-hybridized carbons (Fsp3) is 0.158. The third kappa shape index (κ3) is 6.71. The van der Waals surface area contributed by atoms with Crippen molar-refractivity contribution in [3.05, 3.63) is 65.6 Å². The van der Waals surface area contributed by atoms with Crippen molar-refractivity contribution in [1.82, 2.24) is 10.2 Å². The van der Waals surface area contributed by atoms with Crippen LogP contribution in [0.2, 0.25) is 0 Å². The summed E-state index contributed by atoms with van der Waals surface area (Å²) in [6.45, 7) is 0. The van der Waals surface area contributed by atoms with Gasteiger partial charge >= 0.3 is 12.4 Å². The van der Waals surface area contributed by atoms with Crippen LogP contribution < -0.4 is 10.6 Å². The molecule has 0 atom stereocenters. The number of benzene rings is 1. The van der Waals surface area contributed by atoms with Crippen LogP contribution in [0, 0.1) is 0 Å². The Morgan fingerprint density at radius 2 is 1.58 bits per heavy atom. The third-order valence-electron chi connectivity index (χ3n) is 3.85. The van der Waals surface area contributed by atoms with Gasteiger partial charge in [-0.25, -0.2) is 0 Å². The molecule has 1 aromatic carbocycles. The van der Waals surface area contributed by atoms with Crippen LogP contribution in [0.25, 0.3) is 0 Å². The number of hydrogen-bond donors (Lipinski definition) is 2. The minimum absolute atomic E-state index is 0.0355. The van der Waals surface area contributed by atoms with Gasteiger partial charge in [-0.05, 0) is 42.5 Å². The lowest BCUT2D eigenvalue weighted by Gasteiger charge is -2.14. The van der Waals surface area contributed by atoms with E-state index < -0.39 is 41.0 Å². The Morgan fingerprint density at radius 3 is 2.09 bits per heavy atom. The molecule has 174 valence electrons. The topological polar surface area (TPSA) is 97.1 Å². The van der Waals surface area contributed by atoms with Crippen LogP contribution in [0.5, 0.6) is 0 Å². The molecule has 0 aliphatic heterocycles. The van der Waals surface area contributed by atoms with E-state index in [-0.39, 0.29) is 28.4 Å². The predicted octanol–water partition coefficient (Wildman–Crippen LogP) is 5.09. The Kier molecular flexibility index (Phi) is 6.95. The van der Waals surface area contributed by atoms with Gasteiger partial charge in [0, 0.05) is 5.69 Å². The first kappa shape index (κ1) is 24.1. The van der Waals surface area contributed by atoms with Crippen molar-refractivity contribution in [3.8, 4) is 0 Å². The summed E-state index contributed by atoms with van der Waals surface area (Å²) in [6.07, 6.45) is -8.74. The van der Waals surface area contributed by atoms with Gasteiger partial charge in [-0.15, -0.1) is 10.2 Å². The Labute approximate surface area is 185 Å². The second kappa shape index (κ2) is 9.52. The summed E-state index contributed by atoms with van der Waals surface area (Å²) in [5.74, 6) is -1.65.